The molecular formula is C17H23N3S. The van der Waals surface area contributed by atoms with Crippen LogP contribution in [0.4, 0.5) is 10.8 Å². The van der Waals surface area contributed by atoms with E-state index in [0.717, 1.165) is 23.9 Å². The molecule has 0 saturated heterocycles. The highest BCUT2D eigenvalue weighted by Crippen LogP contribution is 2.38. The van der Waals surface area contributed by atoms with Crippen LogP contribution in [0.5, 0.6) is 0 Å². The molecule has 3 rings (SSSR count). The number of rotatable bonds is 4. The second-order valence-corrected chi connectivity index (χ2v) is 6.62. The number of aryl methyl sites for hydroxylation is 2. The Balaban J connectivity index is 1.94. The summed E-state index contributed by atoms with van der Waals surface area (Å²) in [7, 11) is 0. The molecule has 0 amide bonds. The fourth-order valence-electron chi connectivity index (χ4n) is 3.04. The Morgan fingerprint density at radius 3 is 3.00 bits per heavy atom. The first-order valence-electron chi connectivity index (χ1n) is 7.77. The summed E-state index contributed by atoms with van der Waals surface area (Å²) in [5.41, 5.74) is 3.93. The third kappa shape index (κ3) is 2.83. The van der Waals surface area contributed by atoms with Gasteiger partial charge in [-0.2, -0.15) is 0 Å². The van der Waals surface area contributed by atoms with Crippen molar-refractivity contribution in [3.63, 3.8) is 0 Å². The van der Waals surface area contributed by atoms with Crippen LogP contribution in [0.3, 0.4) is 0 Å². The van der Waals surface area contributed by atoms with Crippen LogP contribution >= 0.6 is 11.3 Å². The Bertz CT molecular complexity index is 620. The largest absolute Gasteiger partial charge is 0.318 e. The van der Waals surface area contributed by atoms with E-state index in [1.54, 1.807) is 0 Å². The molecule has 1 aromatic carbocycles. The van der Waals surface area contributed by atoms with Crippen molar-refractivity contribution in [2.24, 2.45) is 0 Å². The number of thiazole rings is 1. The van der Waals surface area contributed by atoms with Gasteiger partial charge in [-0.3, -0.25) is 0 Å². The number of hydrogen-bond donors (Lipinski definition) is 1. The van der Waals surface area contributed by atoms with Crippen molar-refractivity contribution in [2.75, 3.05) is 18.0 Å². The van der Waals surface area contributed by atoms with Crippen LogP contribution < -0.4 is 10.2 Å². The molecule has 0 fully saturated rings. The summed E-state index contributed by atoms with van der Waals surface area (Å²) in [6.07, 6.45) is 2.38. The minimum Gasteiger partial charge on any atom is -0.318 e. The topological polar surface area (TPSA) is 28.2 Å². The van der Waals surface area contributed by atoms with Gasteiger partial charge in [-0.15, -0.1) is 0 Å². The van der Waals surface area contributed by atoms with Crippen molar-refractivity contribution < 1.29 is 0 Å². The first-order chi connectivity index (χ1) is 10.2. The van der Waals surface area contributed by atoms with Crippen LogP contribution in [0.2, 0.25) is 0 Å². The van der Waals surface area contributed by atoms with Crippen molar-refractivity contribution in [2.45, 2.75) is 39.7 Å². The summed E-state index contributed by atoms with van der Waals surface area (Å²) < 4.78 is 0. The van der Waals surface area contributed by atoms with E-state index in [1.165, 1.54) is 29.0 Å². The van der Waals surface area contributed by atoms with Gasteiger partial charge in [-0.05, 0) is 44.9 Å². The molecule has 0 spiro atoms. The zero-order valence-electron chi connectivity index (χ0n) is 13.0. The van der Waals surface area contributed by atoms with Crippen LogP contribution in [-0.2, 0) is 6.42 Å². The molecule has 21 heavy (non-hydrogen) atoms. The van der Waals surface area contributed by atoms with Crippen molar-refractivity contribution in [3.8, 4) is 0 Å². The first-order valence-corrected chi connectivity index (χ1v) is 8.58. The molecular weight excluding hydrogens is 278 g/mol. The lowest BCUT2D eigenvalue weighted by molar-refractivity contribution is 0.603. The van der Waals surface area contributed by atoms with Crippen molar-refractivity contribution in [1.29, 1.82) is 0 Å². The van der Waals surface area contributed by atoms with Gasteiger partial charge in [-0.1, -0.05) is 36.5 Å². The Hall–Kier alpha value is -1.39. The molecule has 0 bridgehead atoms. The quantitative estimate of drug-likeness (QED) is 0.917. The van der Waals surface area contributed by atoms with Gasteiger partial charge >= 0.3 is 0 Å². The minimum atomic E-state index is 0.376. The highest BCUT2D eigenvalue weighted by molar-refractivity contribution is 7.15. The fraction of sp³-hybridized carbons (Fsp3) is 0.471. The number of fused-ring (bicyclic) bond motifs is 1. The molecule has 1 aliphatic rings. The molecule has 1 unspecified atom stereocenters. The van der Waals surface area contributed by atoms with E-state index < -0.39 is 0 Å². The fourth-order valence-corrected chi connectivity index (χ4v) is 4.17. The number of nitrogens with one attached hydrogen (secondary N) is 1. The molecule has 0 aliphatic carbocycles. The van der Waals surface area contributed by atoms with Crippen LogP contribution in [0.25, 0.3) is 0 Å². The summed E-state index contributed by atoms with van der Waals surface area (Å²) in [6.45, 7) is 8.55. The minimum absolute atomic E-state index is 0.376. The standard InChI is InChI=1S/C17H23N3S/c1-4-18-12(2)16-13(3)19-17(21-16)20-11-7-9-14-8-5-6-10-15(14)20/h5-6,8,10,12,18H,4,7,9,11H2,1-3H3. The monoisotopic (exact) mass is 301 g/mol. The van der Waals surface area contributed by atoms with E-state index in [2.05, 4.69) is 55.3 Å². The maximum absolute atomic E-state index is 4.84. The molecule has 3 nitrogen and oxygen atoms in total. The lowest BCUT2D eigenvalue weighted by atomic mass is 10.0. The van der Waals surface area contributed by atoms with Gasteiger partial charge in [0.2, 0.25) is 0 Å². The molecule has 1 N–H and O–H groups in total. The molecule has 1 aliphatic heterocycles. The van der Waals surface area contributed by atoms with E-state index in [9.17, 15) is 0 Å². The second-order valence-electron chi connectivity index (χ2n) is 5.61. The number of hydrogen-bond acceptors (Lipinski definition) is 4. The Morgan fingerprint density at radius 1 is 1.38 bits per heavy atom. The number of anilines is 2. The average Bonchev–Trinajstić information content (AvgIpc) is 2.89. The lowest BCUT2D eigenvalue weighted by Gasteiger charge is -2.29. The zero-order valence-corrected chi connectivity index (χ0v) is 13.8. The summed E-state index contributed by atoms with van der Waals surface area (Å²) in [5.74, 6) is 0. The highest BCUT2D eigenvalue weighted by atomic mass is 32.1. The third-order valence-electron chi connectivity index (χ3n) is 4.07. The van der Waals surface area contributed by atoms with Crippen molar-refractivity contribution in [1.82, 2.24) is 10.3 Å². The number of para-hydroxylation sites is 1. The van der Waals surface area contributed by atoms with Crippen molar-refractivity contribution >= 4 is 22.2 Å². The average molecular weight is 301 g/mol. The van der Waals surface area contributed by atoms with Gasteiger partial charge in [0.25, 0.3) is 0 Å². The molecule has 0 saturated carbocycles. The predicted molar refractivity (Wildman–Crippen MR) is 90.7 cm³/mol. The van der Waals surface area contributed by atoms with Gasteiger partial charge in [0, 0.05) is 23.2 Å². The van der Waals surface area contributed by atoms with Crippen LogP contribution in [-0.4, -0.2) is 18.1 Å². The van der Waals surface area contributed by atoms with Crippen LogP contribution in [0, 0.1) is 6.92 Å². The van der Waals surface area contributed by atoms with Gasteiger partial charge in [0.1, 0.15) is 0 Å². The maximum Gasteiger partial charge on any atom is 0.190 e. The third-order valence-corrected chi connectivity index (χ3v) is 5.43. The van der Waals surface area contributed by atoms with E-state index in [1.807, 2.05) is 11.3 Å². The molecule has 1 aromatic heterocycles. The molecule has 1 atom stereocenters. The Kier molecular flexibility index (Phi) is 4.27. The molecule has 2 aromatic rings. The van der Waals surface area contributed by atoms with Gasteiger partial charge < -0.3 is 10.2 Å². The molecule has 2 heterocycles. The van der Waals surface area contributed by atoms with Gasteiger partial charge in [-0.25, -0.2) is 4.98 Å². The normalized spacial score (nSPS) is 15.9. The maximum atomic E-state index is 4.84. The summed E-state index contributed by atoms with van der Waals surface area (Å²) in [5, 5.41) is 4.63. The van der Waals surface area contributed by atoms with E-state index in [0.29, 0.717) is 6.04 Å². The van der Waals surface area contributed by atoms with Gasteiger partial charge in [0.05, 0.1) is 5.69 Å². The zero-order chi connectivity index (χ0) is 14.8. The first kappa shape index (κ1) is 14.5. The summed E-state index contributed by atoms with van der Waals surface area (Å²) >= 11 is 1.83. The smallest absolute Gasteiger partial charge is 0.190 e. The van der Waals surface area contributed by atoms with E-state index in [-0.39, 0.29) is 0 Å². The molecule has 0 radical (unpaired) electrons. The predicted octanol–water partition coefficient (Wildman–Crippen LogP) is 4.21. The van der Waals surface area contributed by atoms with Crippen molar-refractivity contribution in [3.05, 3.63) is 40.4 Å². The molecule has 4 heteroatoms. The second kappa shape index (κ2) is 6.16. The lowest BCUT2D eigenvalue weighted by Crippen LogP contribution is -2.24. The van der Waals surface area contributed by atoms with E-state index in [4.69, 9.17) is 4.98 Å². The van der Waals surface area contributed by atoms with Gasteiger partial charge in [0.15, 0.2) is 5.13 Å². The van der Waals surface area contributed by atoms with E-state index >= 15 is 0 Å². The summed E-state index contributed by atoms with van der Waals surface area (Å²) in [6, 6.07) is 9.10. The summed E-state index contributed by atoms with van der Waals surface area (Å²) in [4.78, 5) is 8.58. The SMILES string of the molecule is CCNC(C)c1sc(N2CCCc3ccccc32)nc1C. The van der Waals surface area contributed by atoms with Crippen LogP contribution in [0.1, 0.15) is 42.4 Å². The molecule has 112 valence electrons. The number of aromatic nitrogens is 1. The Labute approximate surface area is 131 Å². The Morgan fingerprint density at radius 2 is 2.19 bits per heavy atom. The number of benzene rings is 1. The number of nitrogens with zero attached hydrogens (tertiary/aromatic N) is 2. The highest BCUT2D eigenvalue weighted by Gasteiger charge is 2.22. The van der Waals surface area contributed by atoms with Crippen LogP contribution in [0.15, 0.2) is 24.3 Å².